The summed E-state index contributed by atoms with van der Waals surface area (Å²) in [6.45, 7) is 4.74. The zero-order chi connectivity index (χ0) is 16.8. The van der Waals surface area contributed by atoms with Crippen molar-refractivity contribution >= 4 is 0 Å². The van der Waals surface area contributed by atoms with E-state index in [0.29, 0.717) is 32.9 Å². The molecule has 0 saturated heterocycles. The second-order valence-electron chi connectivity index (χ2n) is 5.10. The zero-order valence-electron chi connectivity index (χ0n) is 14.2. The Bertz CT molecular complexity index is 437. The monoisotopic (exact) mass is 323 g/mol. The largest absolute Gasteiger partial charge is 0.493 e. The summed E-state index contributed by atoms with van der Waals surface area (Å²) in [4.78, 5) is 0. The first kappa shape index (κ1) is 19.5. The first-order valence-electron chi connectivity index (χ1n) is 8.15. The predicted molar refractivity (Wildman–Crippen MR) is 92.2 cm³/mol. The summed E-state index contributed by atoms with van der Waals surface area (Å²) in [5, 5.41) is 12.9. The topological polar surface area (TPSA) is 60.0 Å². The minimum atomic E-state index is -0.503. The minimum Gasteiger partial charge on any atom is -0.493 e. The van der Waals surface area contributed by atoms with E-state index in [0.717, 1.165) is 24.3 Å². The van der Waals surface area contributed by atoms with Crippen molar-refractivity contribution in [3.8, 4) is 11.5 Å². The van der Waals surface area contributed by atoms with Crippen LogP contribution >= 0.6 is 0 Å². The van der Waals surface area contributed by atoms with Crippen molar-refractivity contribution in [2.45, 2.75) is 25.9 Å². The second kappa shape index (κ2) is 12.9. The fourth-order valence-corrected chi connectivity index (χ4v) is 1.95. The Morgan fingerprint density at radius 3 is 2.70 bits per heavy atom. The molecule has 0 unspecified atom stereocenters. The molecule has 5 heteroatoms. The third-order valence-electron chi connectivity index (χ3n) is 3.13. The number of benzene rings is 1. The van der Waals surface area contributed by atoms with Gasteiger partial charge in [0.2, 0.25) is 0 Å². The number of allylic oxidation sites excluding steroid dienone is 1. The van der Waals surface area contributed by atoms with Crippen LogP contribution < -0.4 is 14.8 Å². The lowest BCUT2D eigenvalue weighted by Gasteiger charge is -2.13. The van der Waals surface area contributed by atoms with Crippen molar-refractivity contribution in [3.63, 3.8) is 0 Å². The second-order valence-corrected chi connectivity index (χ2v) is 5.10. The molecule has 1 rings (SSSR count). The molecule has 2 N–H and O–H groups in total. The van der Waals surface area contributed by atoms with E-state index in [2.05, 4.69) is 24.4 Å². The fraction of sp³-hybridized carbons (Fsp3) is 0.556. The molecule has 0 fully saturated rings. The number of ether oxygens (including phenoxy) is 3. The van der Waals surface area contributed by atoms with Crippen molar-refractivity contribution < 1.29 is 19.3 Å². The Hall–Kier alpha value is -1.56. The highest BCUT2D eigenvalue weighted by atomic mass is 16.5. The lowest BCUT2D eigenvalue weighted by molar-refractivity contribution is 0.0387. The normalized spacial score (nSPS) is 12.5. The number of aliphatic hydroxyl groups is 1. The number of rotatable bonds is 13. The van der Waals surface area contributed by atoms with Gasteiger partial charge in [0.05, 0.1) is 26.4 Å². The Kier molecular flexibility index (Phi) is 11.0. The van der Waals surface area contributed by atoms with E-state index < -0.39 is 6.10 Å². The molecule has 23 heavy (non-hydrogen) atoms. The van der Waals surface area contributed by atoms with Gasteiger partial charge in [-0.3, -0.25) is 0 Å². The SMILES string of the molecule is CC/C=C/CCOC[C@@H](O)CNCCOc1ccccc1OC. The van der Waals surface area contributed by atoms with Crippen molar-refractivity contribution in [2.75, 3.05) is 40.0 Å². The third kappa shape index (κ3) is 9.23. The number of hydrogen-bond donors (Lipinski definition) is 2. The van der Waals surface area contributed by atoms with Crippen molar-refractivity contribution in [1.29, 1.82) is 0 Å². The van der Waals surface area contributed by atoms with Crippen LogP contribution in [0.25, 0.3) is 0 Å². The van der Waals surface area contributed by atoms with Crippen molar-refractivity contribution in [3.05, 3.63) is 36.4 Å². The maximum Gasteiger partial charge on any atom is 0.161 e. The van der Waals surface area contributed by atoms with Crippen LogP contribution in [-0.2, 0) is 4.74 Å². The molecule has 0 aliphatic carbocycles. The molecule has 0 spiro atoms. The minimum absolute atomic E-state index is 0.348. The van der Waals surface area contributed by atoms with Crippen LogP contribution in [0, 0.1) is 0 Å². The Morgan fingerprint density at radius 1 is 1.17 bits per heavy atom. The maximum atomic E-state index is 9.78. The number of nitrogens with one attached hydrogen (secondary N) is 1. The summed E-state index contributed by atoms with van der Waals surface area (Å²) < 4.78 is 16.3. The number of methoxy groups -OCH3 is 1. The summed E-state index contributed by atoms with van der Waals surface area (Å²) in [6.07, 6.45) is 5.64. The third-order valence-corrected chi connectivity index (χ3v) is 3.13. The average molecular weight is 323 g/mol. The quantitative estimate of drug-likeness (QED) is 0.431. The standard InChI is InChI=1S/C18H29NO4/c1-3-4-5-8-12-22-15-16(20)14-19-11-13-23-18-10-7-6-9-17(18)21-2/h4-7,9-10,16,19-20H,3,8,11-15H2,1-2H3/b5-4+/t16-/m0/s1. The van der Waals surface area contributed by atoms with Crippen LogP contribution in [0.1, 0.15) is 19.8 Å². The summed E-state index contributed by atoms with van der Waals surface area (Å²) in [5.41, 5.74) is 0. The lowest BCUT2D eigenvalue weighted by atomic mass is 10.3. The molecule has 0 aliphatic rings. The van der Waals surface area contributed by atoms with E-state index >= 15 is 0 Å². The molecule has 130 valence electrons. The maximum absolute atomic E-state index is 9.78. The van der Waals surface area contributed by atoms with Crippen LogP contribution in [0.15, 0.2) is 36.4 Å². The highest BCUT2D eigenvalue weighted by molar-refractivity contribution is 5.39. The first-order valence-corrected chi connectivity index (χ1v) is 8.15. The van der Waals surface area contributed by atoms with Gasteiger partial charge in [-0.15, -0.1) is 0 Å². The Morgan fingerprint density at radius 2 is 1.96 bits per heavy atom. The summed E-state index contributed by atoms with van der Waals surface area (Å²) in [7, 11) is 1.62. The molecule has 0 bridgehead atoms. The van der Waals surface area contributed by atoms with E-state index in [1.165, 1.54) is 0 Å². The summed E-state index contributed by atoms with van der Waals surface area (Å²) in [5.74, 6) is 1.44. The molecule has 0 amide bonds. The predicted octanol–water partition coefficient (Wildman–Crippen LogP) is 2.40. The van der Waals surface area contributed by atoms with Gasteiger partial charge in [-0.25, -0.2) is 0 Å². The van der Waals surface area contributed by atoms with Crippen LogP contribution in [0.2, 0.25) is 0 Å². The number of para-hydroxylation sites is 2. The lowest BCUT2D eigenvalue weighted by Crippen LogP contribution is -2.33. The highest BCUT2D eigenvalue weighted by Gasteiger charge is 2.04. The van der Waals surface area contributed by atoms with Crippen molar-refractivity contribution in [2.24, 2.45) is 0 Å². The summed E-state index contributed by atoms with van der Waals surface area (Å²) >= 11 is 0. The zero-order valence-corrected chi connectivity index (χ0v) is 14.2. The van der Waals surface area contributed by atoms with E-state index in [1.807, 2.05) is 24.3 Å². The van der Waals surface area contributed by atoms with E-state index in [1.54, 1.807) is 7.11 Å². The molecule has 0 heterocycles. The van der Waals surface area contributed by atoms with Crippen LogP contribution in [-0.4, -0.2) is 51.2 Å². The Labute approximate surface area is 139 Å². The van der Waals surface area contributed by atoms with Gasteiger partial charge in [0.25, 0.3) is 0 Å². The number of hydrogen-bond acceptors (Lipinski definition) is 5. The van der Waals surface area contributed by atoms with E-state index in [4.69, 9.17) is 14.2 Å². The van der Waals surface area contributed by atoms with Gasteiger partial charge in [-0.1, -0.05) is 31.2 Å². The molecule has 1 aromatic rings. The van der Waals surface area contributed by atoms with Gasteiger partial charge in [-0.2, -0.15) is 0 Å². The smallest absolute Gasteiger partial charge is 0.161 e. The van der Waals surface area contributed by atoms with Crippen LogP contribution in [0.4, 0.5) is 0 Å². The molecule has 0 aliphatic heterocycles. The number of aliphatic hydroxyl groups excluding tert-OH is 1. The highest BCUT2D eigenvalue weighted by Crippen LogP contribution is 2.25. The molecule has 0 aromatic heterocycles. The van der Waals surface area contributed by atoms with Crippen LogP contribution in [0.3, 0.4) is 0 Å². The molecule has 1 atom stereocenters. The van der Waals surface area contributed by atoms with Crippen molar-refractivity contribution in [1.82, 2.24) is 5.32 Å². The van der Waals surface area contributed by atoms with Gasteiger partial charge < -0.3 is 24.6 Å². The molecule has 5 nitrogen and oxygen atoms in total. The van der Waals surface area contributed by atoms with Gasteiger partial charge in [0, 0.05) is 13.1 Å². The van der Waals surface area contributed by atoms with Crippen LogP contribution in [0.5, 0.6) is 11.5 Å². The molecular weight excluding hydrogens is 294 g/mol. The molecular formula is C18H29NO4. The first-order chi connectivity index (χ1) is 11.3. The Balaban J connectivity index is 2.02. The average Bonchev–Trinajstić information content (AvgIpc) is 2.58. The van der Waals surface area contributed by atoms with Gasteiger partial charge in [-0.05, 0) is 25.0 Å². The van der Waals surface area contributed by atoms with Gasteiger partial charge in [0.15, 0.2) is 11.5 Å². The molecule has 0 radical (unpaired) electrons. The summed E-state index contributed by atoms with van der Waals surface area (Å²) in [6, 6.07) is 7.54. The van der Waals surface area contributed by atoms with Gasteiger partial charge >= 0.3 is 0 Å². The van der Waals surface area contributed by atoms with E-state index in [-0.39, 0.29) is 0 Å². The van der Waals surface area contributed by atoms with E-state index in [9.17, 15) is 5.11 Å². The molecule has 1 aromatic carbocycles. The van der Waals surface area contributed by atoms with Gasteiger partial charge in [0.1, 0.15) is 6.61 Å². The molecule has 0 saturated carbocycles. The fourth-order valence-electron chi connectivity index (χ4n) is 1.95.